The van der Waals surface area contributed by atoms with Crippen LogP contribution in [0.25, 0.3) is 0 Å². The van der Waals surface area contributed by atoms with Crippen LogP contribution in [0.2, 0.25) is 5.02 Å². The number of aliphatic imine (C=N–C) groups is 1. The third-order valence-electron chi connectivity index (χ3n) is 4.03. The number of carbonyl (C=O) groups excluding carboxylic acids is 1. The van der Waals surface area contributed by atoms with Gasteiger partial charge < -0.3 is 10.6 Å². The predicted octanol–water partition coefficient (Wildman–Crippen LogP) is 3.19. The second-order valence-electron chi connectivity index (χ2n) is 5.92. The highest BCUT2D eigenvalue weighted by molar-refractivity contribution is 6.34. The summed E-state index contributed by atoms with van der Waals surface area (Å²) in [5.74, 6) is 0.788. The second-order valence-corrected chi connectivity index (χ2v) is 6.33. The number of rotatable bonds is 5. The van der Waals surface area contributed by atoms with Crippen LogP contribution in [0, 0.1) is 6.92 Å². The number of nitrogens with one attached hydrogen (secondary N) is 2. The minimum Gasteiger partial charge on any atom is -0.365 e. The first kappa shape index (κ1) is 16.5. The maximum Gasteiger partial charge on any atom is 0.251 e. The van der Waals surface area contributed by atoms with E-state index in [0.29, 0.717) is 23.7 Å². The number of aryl methyl sites for hydroxylation is 1. The molecule has 1 amide bonds. The Hall–Kier alpha value is -2.33. The van der Waals surface area contributed by atoms with Gasteiger partial charge in [0.2, 0.25) is 0 Å². The van der Waals surface area contributed by atoms with Crippen molar-refractivity contribution in [1.29, 1.82) is 0 Å². The van der Waals surface area contributed by atoms with Crippen molar-refractivity contribution in [2.75, 3.05) is 13.1 Å². The summed E-state index contributed by atoms with van der Waals surface area (Å²) in [6.07, 6.45) is 0.815. The summed E-state index contributed by atoms with van der Waals surface area (Å²) in [7, 11) is 0. The molecular formula is C19H20ClN3O. The Kier molecular flexibility index (Phi) is 5.16. The third-order valence-corrected chi connectivity index (χ3v) is 4.36. The minimum atomic E-state index is -0.0414. The number of amidine groups is 1. The van der Waals surface area contributed by atoms with E-state index < -0.39 is 0 Å². The maximum absolute atomic E-state index is 12.1. The molecule has 1 atom stereocenters. The molecule has 1 aliphatic rings. The standard InChI is InChI=1S/C19H20ClN3O/c1-13-6-8-14(9-7-13)19(24)21-11-10-15-12-22-18(23-15)16-4-2-3-5-17(16)20/h2-9,15H,10-12H2,1H3,(H,21,24)(H,22,23). The Balaban J connectivity index is 1.47. The molecule has 0 aliphatic carbocycles. The zero-order valence-electron chi connectivity index (χ0n) is 13.6. The molecule has 1 unspecified atom stereocenters. The van der Waals surface area contributed by atoms with Crippen molar-refractivity contribution in [3.63, 3.8) is 0 Å². The smallest absolute Gasteiger partial charge is 0.251 e. The van der Waals surface area contributed by atoms with Gasteiger partial charge in [-0.05, 0) is 37.6 Å². The topological polar surface area (TPSA) is 53.5 Å². The Bertz CT molecular complexity index is 755. The summed E-state index contributed by atoms with van der Waals surface area (Å²) < 4.78 is 0. The summed E-state index contributed by atoms with van der Waals surface area (Å²) >= 11 is 6.20. The Morgan fingerprint density at radius 1 is 1.25 bits per heavy atom. The third kappa shape index (κ3) is 3.95. The summed E-state index contributed by atoms with van der Waals surface area (Å²) in [6, 6.07) is 15.4. The molecule has 2 aromatic rings. The lowest BCUT2D eigenvalue weighted by Gasteiger charge is -2.13. The summed E-state index contributed by atoms with van der Waals surface area (Å²) in [6.45, 7) is 3.31. The van der Waals surface area contributed by atoms with E-state index in [4.69, 9.17) is 11.6 Å². The van der Waals surface area contributed by atoms with Gasteiger partial charge in [0.1, 0.15) is 5.84 Å². The van der Waals surface area contributed by atoms with E-state index in [1.54, 1.807) is 0 Å². The van der Waals surface area contributed by atoms with Crippen LogP contribution in [0.4, 0.5) is 0 Å². The molecule has 2 N–H and O–H groups in total. The van der Waals surface area contributed by atoms with Gasteiger partial charge >= 0.3 is 0 Å². The Morgan fingerprint density at radius 3 is 2.75 bits per heavy atom. The highest BCUT2D eigenvalue weighted by Gasteiger charge is 2.19. The summed E-state index contributed by atoms with van der Waals surface area (Å²) in [4.78, 5) is 16.6. The molecule has 0 fully saturated rings. The average Bonchev–Trinajstić information content (AvgIpc) is 3.04. The molecule has 1 aliphatic heterocycles. The molecule has 24 heavy (non-hydrogen) atoms. The van der Waals surface area contributed by atoms with Gasteiger partial charge in [-0.25, -0.2) is 0 Å². The van der Waals surface area contributed by atoms with Crippen molar-refractivity contribution >= 4 is 23.3 Å². The number of carbonyl (C=O) groups is 1. The van der Waals surface area contributed by atoms with Gasteiger partial charge in [-0.3, -0.25) is 9.79 Å². The first-order valence-corrected chi connectivity index (χ1v) is 8.42. The quantitative estimate of drug-likeness (QED) is 0.877. The molecule has 0 bridgehead atoms. The van der Waals surface area contributed by atoms with E-state index in [1.807, 2.05) is 55.5 Å². The molecule has 0 radical (unpaired) electrons. The fourth-order valence-electron chi connectivity index (χ4n) is 2.63. The number of halogens is 1. The summed E-state index contributed by atoms with van der Waals surface area (Å²) in [5.41, 5.74) is 2.75. The van der Waals surface area contributed by atoms with Crippen LogP contribution in [0.3, 0.4) is 0 Å². The van der Waals surface area contributed by atoms with Crippen molar-refractivity contribution in [3.8, 4) is 0 Å². The van der Waals surface area contributed by atoms with Crippen LogP contribution in [0.15, 0.2) is 53.5 Å². The second kappa shape index (κ2) is 7.49. The molecule has 4 nitrogen and oxygen atoms in total. The average molecular weight is 342 g/mol. The zero-order chi connectivity index (χ0) is 16.9. The van der Waals surface area contributed by atoms with Gasteiger partial charge in [-0.2, -0.15) is 0 Å². The van der Waals surface area contributed by atoms with Crippen LogP contribution in [-0.4, -0.2) is 30.9 Å². The van der Waals surface area contributed by atoms with Gasteiger partial charge in [0.15, 0.2) is 0 Å². The van der Waals surface area contributed by atoms with Gasteiger partial charge in [0.25, 0.3) is 5.91 Å². The van der Waals surface area contributed by atoms with E-state index in [2.05, 4.69) is 15.6 Å². The fourth-order valence-corrected chi connectivity index (χ4v) is 2.86. The van der Waals surface area contributed by atoms with E-state index in [-0.39, 0.29) is 11.9 Å². The Morgan fingerprint density at radius 2 is 2.00 bits per heavy atom. The van der Waals surface area contributed by atoms with Crippen molar-refractivity contribution in [1.82, 2.24) is 10.6 Å². The highest BCUT2D eigenvalue weighted by Crippen LogP contribution is 2.17. The van der Waals surface area contributed by atoms with Crippen molar-refractivity contribution in [2.45, 2.75) is 19.4 Å². The SMILES string of the molecule is Cc1ccc(C(=O)NCCC2CN=C(c3ccccc3Cl)N2)cc1. The number of hydrogen-bond donors (Lipinski definition) is 2. The molecule has 3 rings (SSSR count). The normalized spacial score (nSPS) is 16.4. The molecule has 2 aromatic carbocycles. The number of hydrogen-bond acceptors (Lipinski definition) is 3. The number of nitrogens with zero attached hydrogens (tertiary/aromatic N) is 1. The highest BCUT2D eigenvalue weighted by atomic mass is 35.5. The van der Waals surface area contributed by atoms with Gasteiger partial charge in [-0.15, -0.1) is 0 Å². The van der Waals surface area contributed by atoms with Crippen molar-refractivity contribution in [3.05, 3.63) is 70.2 Å². The van der Waals surface area contributed by atoms with Crippen LogP contribution in [-0.2, 0) is 0 Å². The molecule has 5 heteroatoms. The van der Waals surface area contributed by atoms with Crippen LogP contribution >= 0.6 is 11.6 Å². The van der Waals surface area contributed by atoms with Crippen molar-refractivity contribution in [2.24, 2.45) is 4.99 Å². The molecule has 0 spiro atoms. The van der Waals surface area contributed by atoms with Crippen LogP contribution in [0.5, 0.6) is 0 Å². The van der Waals surface area contributed by atoms with Gasteiger partial charge in [0.05, 0.1) is 11.6 Å². The maximum atomic E-state index is 12.1. The van der Waals surface area contributed by atoms with Crippen molar-refractivity contribution < 1.29 is 4.79 Å². The minimum absolute atomic E-state index is 0.0414. The monoisotopic (exact) mass is 341 g/mol. The summed E-state index contributed by atoms with van der Waals surface area (Å²) in [5, 5.41) is 7.03. The lowest BCUT2D eigenvalue weighted by molar-refractivity contribution is 0.0952. The molecule has 124 valence electrons. The predicted molar refractivity (Wildman–Crippen MR) is 97.9 cm³/mol. The molecule has 1 heterocycles. The molecule has 0 saturated heterocycles. The van der Waals surface area contributed by atoms with Gasteiger partial charge in [-0.1, -0.05) is 41.4 Å². The van der Waals surface area contributed by atoms with Gasteiger partial charge in [0, 0.05) is 23.7 Å². The van der Waals surface area contributed by atoms with Crippen LogP contribution < -0.4 is 10.6 Å². The van der Waals surface area contributed by atoms with E-state index in [9.17, 15) is 4.79 Å². The van der Waals surface area contributed by atoms with E-state index >= 15 is 0 Å². The van der Waals surface area contributed by atoms with E-state index in [1.165, 1.54) is 0 Å². The lowest BCUT2D eigenvalue weighted by atomic mass is 10.1. The number of benzene rings is 2. The first-order chi connectivity index (χ1) is 11.6. The molecular weight excluding hydrogens is 322 g/mol. The zero-order valence-corrected chi connectivity index (χ0v) is 14.3. The first-order valence-electron chi connectivity index (χ1n) is 8.04. The molecule has 0 aromatic heterocycles. The van der Waals surface area contributed by atoms with E-state index in [0.717, 1.165) is 23.4 Å². The lowest BCUT2D eigenvalue weighted by Crippen LogP contribution is -2.35. The van der Waals surface area contributed by atoms with Crippen LogP contribution in [0.1, 0.15) is 27.9 Å². The Labute approximate surface area is 146 Å². The fraction of sp³-hybridized carbons (Fsp3) is 0.263. The largest absolute Gasteiger partial charge is 0.365 e. The number of amides is 1. The molecule has 0 saturated carbocycles.